The molecular formula is C22H23ClFN3O4. The Morgan fingerprint density at radius 3 is 2.58 bits per heavy atom. The third kappa shape index (κ3) is 4.26. The summed E-state index contributed by atoms with van der Waals surface area (Å²) in [5.41, 5.74) is 5.23. The maximum absolute atomic E-state index is 14.4. The van der Waals surface area contributed by atoms with Gasteiger partial charge in [0.25, 0.3) is 0 Å². The highest BCUT2D eigenvalue weighted by Crippen LogP contribution is 2.33. The molecule has 0 radical (unpaired) electrons. The van der Waals surface area contributed by atoms with E-state index in [0.29, 0.717) is 5.56 Å². The fourth-order valence-electron chi connectivity index (χ4n) is 3.53. The van der Waals surface area contributed by atoms with E-state index >= 15 is 0 Å². The second-order valence-corrected chi connectivity index (χ2v) is 8.85. The minimum Gasteiger partial charge on any atom is -0.477 e. The number of rotatable bonds is 5. The van der Waals surface area contributed by atoms with E-state index in [-0.39, 0.29) is 40.5 Å². The fraction of sp³-hybridized carbons (Fsp3) is 0.318. The third-order valence-corrected chi connectivity index (χ3v) is 5.56. The predicted octanol–water partition coefficient (Wildman–Crippen LogP) is 3.64. The Morgan fingerprint density at radius 1 is 1.32 bits per heavy atom. The number of aromatic nitrogens is 2. The second kappa shape index (κ2) is 8.28. The number of fused-ring (bicyclic) bond motifs is 1. The number of nitrogens with two attached hydrogens (primary N) is 1. The molecule has 31 heavy (non-hydrogen) atoms. The number of carboxylic acids is 1. The number of aliphatic hydroxyl groups is 1. The number of nitrogen functional groups attached to an aromatic ring is 1. The summed E-state index contributed by atoms with van der Waals surface area (Å²) in [6, 6.07) is 5.41. The van der Waals surface area contributed by atoms with Gasteiger partial charge >= 0.3 is 5.97 Å². The Balaban J connectivity index is 2.30. The Bertz CT molecular complexity index is 1230. The van der Waals surface area contributed by atoms with Crippen molar-refractivity contribution in [2.45, 2.75) is 33.2 Å². The Hall–Kier alpha value is -2.97. The van der Waals surface area contributed by atoms with Crippen LogP contribution in [0.2, 0.25) is 5.02 Å². The molecule has 1 aromatic carbocycles. The van der Waals surface area contributed by atoms with Gasteiger partial charge < -0.3 is 20.5 Å². The van der Waals surface area contributed by atoms with Gasteiger partial charge in [0.1, 0.15) is 22.8 Å². The van der Waals surface area contributed by atoms with Gasteiger partial charge in [-0.1, -0.05) is 44.5 Å². The van der Waals surface area contributed by atoms with Gasteiger partial charge in [-0.15, -0.1) is 0 Å². The summed E-state index contributed by atoms with van der Waals surface area (Å²) in [5, 5.41) is 19.5. The molecule has 3 rings (SSSR count). The number of halogens is 2. The molecule has 0 saturated heterocycles. The van der Waals surface area contributed by atoms with Crippen molar-refractivity contribution in [1.82, 2.24) is 9.55 Å². The van der Waals surface area contributed by atoms with Crippen molar-refractivity contribution in [3.63, 3.8) is 0 Å². The molecule has 0 spiro atoms. The van der Waals surface area contributed by atoms with E-state index in [0.717, 1.165) is 0 Å². The first-order valence-corrected chi connectivity index (χ1v) is 9.94. The average molecular weight is 448 g/mol. The monoisotopic (exact) mass is 447 g/mol. The van der Waals surface area contributed by atoms with Crippen LogP contribution in [-0.2, 0) is 6.42 Å². The van der Waals surface area contributed by atoms with Crippen LogP contribution in [0.1, 0.15) is 48.3 Å². The first kappa shape index (κ1) is 22.7. The summed E-state index contributed by atoms with van der Waals surface area (Å²) in [6.45, 7) is 5.31. The standard InChI is InChI=1S/C22H23ClFN3O4/c1-22(2,3)16(10-28)27-9-14(21(30)31)18(29)13-8-12(19(25)26-20(13)27)7-11-5-4-6-15(23)17(11)24/h4-6,8-9,16,28H,7,10H2,1-3H3,(H2,25,26)(H,30,31)/t16-/m1/s1. The summed E-state index contributed by atoms with van der Waals surface area (Å²) >= 11 is 5.85. The number of nitrogens with zero attached hydrogens (tertiary/aromatic N) is 2. The minimum atomic E-state index is -1.40. The van der Waals surface area contributed by atoms with Crippen molar-refractivity contribution in [2.24, 2.45) is 5.41 Å². The molecule has 4 N–H and O–H groups in total. The predicted molar refractivity (Wildman–Crippen MR) is 117 cm³/mol. The Kier molecular flexibility index (Phi) is 6.07. The van der Waals surface area contributed by atoms with Crippen LogP contribution in [-0.4, -0.2) is 32.3 Å². The van der Waals surface area contributed by atoms with Gasteiger partial charge in [-0.25, -0.2) is 14.2 Å². The number of aromatic carboxylic acids is 1. The molecule has 3 aromatic rings. The van der Waals surface area contributed by atoms with Crippen LogP contribution in [0.15, 0.2) is 35.3 Å². The van der Waals surface area contributed by atoms with Crippen molar-refractivity contribution >= 4 is 34.4 Å². The molecule has 0 aliphatic heterocycles. The van der Waals surface area contributed by atoms with E-state index in [9.17, 15) is 24.2 Å². The van der Waals surface area contributed by atoms with Crippen LogP contribution in [0, 0.1) is 11.2 Å². The SMILES string of the molecule is CC(C)(C)[C@@H](CO)n1cc(C(=O)O)c(=O)c2cc(Cc3cccc(Cl)c3F)c(N)nc21. The van der Waals surface area contributed by atoms with E-state index in [4.69, 9.17) is 17.3 Å². The molecule has 0 saturated carbocycles. The third-order valence-electron chi connectivity index (χ3n) is 5.27. The number of hydrogen-bond donors (Lipinski definition) is 3. The Morgan fingerprint density at radius 2 is 2.00 bits per heavy atom. The zero-order valence-electron chi connectivity index (χ0n) is 17.3. The molecule has 0 unspecified atom stereocenters. The van der Waals surface area contributed by atoms with Crippen molar-refractivity contribution < 1.29 is 19.4 Å². The number of carbonyl (C=O) groups is 1. The second-order valence-electron chi connectivity index (χ2n) is 8.44. The average Bonchev–Trinajstić information content (AvgIpc) is 2.67. The summed E-state index contributed by atoms with van der Waals surface area (Å²) in [5.74, 6) is -1.94. The molecule has 2 heterocycles. The van der Waals surface area contributed by atoms with Crippen molar-refractivity contribution in [2.75, 3.05) is 12.3 Å². The first-order valence-electron chi connectivity index (χ1n) is 9.57. The van der Waals surface area contributed by atoms with Gasteiger partial charge in [-0.2, -0.15) is 0 Å². The maximum Gasteiger partial charge on any atom is 0.341 e. The molecule has 0 aliphatic carbocycles. The van der Waals surface area contributed by atoms with E-state index in [1.54, 1.807) is 6.07 Å². The van der Waals surface area contributed by atoms with Gasteiger partial charge in [0.15, 0.2) is 0 Å². The van der Waals surface area contributed by atoms with Crippen LogP contribution in [0.25, 0.3) is 11.0 Å². The molecule has 7 nitrogen and oxygen atoms in total. The number of pyridine rings is 2. The highest BCUT2D eigenvalue weighted by molar-refractivity contribution is 6.30. The maximum atomic E-state index is 14.4. The zero-order valence-corrected chi connectivity index (χ0v) is 18.1. The molecule has 0 fully saturated rings. The molecule has 9 heteroatoms. The van der Waals surface area contributed by atoms with E-state index < -0.39 is 34.2 Å². The highest BCUT2D eigenvalue weighted by Gasteiger charge is 2.29. The molecule has 0 amide bonds. The van der Waals surface area contributed by atoms with Crippen LogP contribution < -0.4 is 11.2 Å². The molecular weight excluding hydrogens is 425 g/mol. The van der Waals surface area contributed by atoms with Crippen molar-refractivity contribution in [3.8, 4) is 0 Å². The van der Waals surface area contributed by atoms with E-state index in [1.165, 1.54) is 29.0 Å². The number of carboxylic acid groups (broad SMARTS) is 1. The molecule has 164 valence electrons. The number of aliphatic hydroxyl groups excluding tert-OH is 1. The lowest BCUT2D eigenvalue weighted by molar-refractivity contribution is 0.0692. The van der Waals surface area contributed by atoms with Gasteiger partial charge in [-0.3, -0.25) is 4.79 Å². The summed E-state index contributed by atoms with van der Waals surface area (Å²) < 4.78 is 15.8. The fourth-order valence-corrected chi connectivity index (χ4v) is 3.72. The van der Waals surface area contributed by atoms with E-state index in [1.807, 2.05) is 20.8 Å². The van der Waals surface area contributed by atoms with Gasteiger partial charge in [0.2, 0.25) is 5.43 Å². The molecule has 0 bridgehead atoms. The van der Waals surface area contributed by atoms with Crippen LogP contribution in [0.3, 0.4) is 0 Å². The normalized spacial score (nSPS) is 12.8. The molecule has 1 atom stereocenters. The molecule has 2 aromatic heterocycles. The number of hydrogen-bond acceptors (Lipinski definition) is 5. The minimum absolute atomic E-state index is 0.0145. The van der Waals surface area contributed by atoms with Crippen molar-refractivity contribution in [1.29, 1.82) is 0 Å². The number of benzene rings is 1. The van der Waals surface area contributed by atoms with Gasteiger partial charge in [0.05, 0.1) is 23.1 Å². The Labute approximate surface area is 182 Å². The van der Waals surface area contributed by atoms with Crippen LogP contribution in [0.4, 0.5) is 10.2 Å². The number of anilines is 1. The van der Waals surface area contributed by atoms with Gasteiger partial charge in [-0.05, 0) is 28.7 Å². The topological polar surface area (TPSA) is 118 Å². The van der Waals surface area contributed by atoms with Gasteiger partial charge in [0, 0.05) is 12.6 Å². The lowest BCUT2D eigenvalue weighted by Gasteiger charge is -2.32. The quantitative estimate of drug-likeness (QED) is 0.549. The lowest BCUT2D eigenvalue weighted by atomic mass is 9.86. The van der Waals surface area contributed by atoms with E-state index in [2.05, 4.69) is 4.98 Å². The zero-order chi connectivity index (χ0) is 23.1. The van der Waals surface area contributed by atoms with Crippen LogP contribution in [0.5, 0.6) is 0 Å². The van der Waals surface area contributed by atoms with Crippen LogP contribution >= 0.6 is 11.6 Å². The lowest BCUT2D eigenvalue weighted by Crippen LogP contribution is -2.31. The van der Waals surface area contributed by atoms with Crippen molar-refractivity contribution in [3.05, 3.63) is 68.2 Å². The summed E-state index contributed by atoms with van der Waals surface area (Å²) in [6.07, 6.45) is 1.20. The summed E-state index contributed by atoms with van der Waals surface area (Å²) in [7, 11) is 0. The largest absolute Gasteiger partial charge is 0.477 e. The smallest absolute Gasteiger partial charge is 0.341 e. The highest BCUT2D eigenvalue weighted by atomic mass is 35.5. The summed E-state index contributed by atoms with van der Waals surface area (Å²) in [4.78, 5) is 29.0. The molecule has 0 aliphatic rings. The first-order chi connectivity index (χ1) is 14.5.